The summed E-state index contributed by atoms with van der Waals surface area (Å²) in [5, 5.41) is 13.2. The molecule has 2 fully saturated rings. The van der Waals surface area contributed by atoms with E-state index in [1.165, 1.54) is 9.80 Å². The number of urea groups is 1. The number of nitrogens with zero attached hydrogens (tertiary/aromatic N) is 6. The molecule has 300 valence electrons. The molecule has 18 heteroatoms. The highest BCUT2D eigenvalue weighted by Crippen LogP contribution is 2.36. The zero-order valence-electron chi connectivity index (χ0n) is 31.2. The minimum Gasteiger partial charge on any atom is -0.465 e. The third-order valence-corrected chi connectivity index (χ3v) is 10.4. The van der Waals surface area contributed by atoms with Gasteiger partial charge in [-0.1, -0.05) is 39.7 Å². The van der Waals surface area contributed by atoms with Crippen LogP contribution in [0.5, 0.6) is 0 Å². The number of ether oxygens (including phenoxy) is 2. The topological polar surface area (TPSA) is 173 Å². The maximum absolute atomic E-state index is 14.1. The molecule has 2 N–H and O–H groups in total. The van der Waals surface area contributed by atoms with Crippen LogP contribution in [0.1, 0.15) is 30.9 Å². The highest BCUT2D eigenvalue weighted by molar-refractivity contribution is 9.10. The fourth-order valence-corrected chi connectivity index (χ4v) is 7.21. The minimum absolute atomic E-state index is 0.00746. The van der Waals surface area contributed by atoms with Crippen molar-refractivity contribution in [3.05, 3.63) is 63.1 Å². The van der Waals surface area contributed by atoms with Gasteiger partial charge < -0.3 is 29.7 Å². The number of carbonyl (C=O) groups excluding carboxylic acids is 5. The van der Waals surface area contributed by atoms with Crippen LogP contribution in [0, 0.1) is 6.92 Å². The summed E-state index contributed by atoms with van der Waals surface area (Å²) in [6, 6.07) is 12.3. The number of rotatable bonds is 16. The number of halogens is 2. The van der Waals surface area contributed by atoms with Gasteiger partial charge in [-0.2, -0.15) is 0 Å². The molecular formula is C37H49BrClN7O9. The normalized spacial score (nSPS) is 19.5. The second kappa shape index (κ2) is 21.1. The van der Waals surface area contributed by atoms with E-state index in [9.17, 15) is 33.9 Å². The maximum Gasteiger partial charge on any atom is 0.407 e. The minimum atomic E-state index is -1.17. The number of aryl methyl sites for hydroxylation is 1. The number of imide groups is 1. The van der Waals surface area contributed by atoms with Crippen molar-refractivity contribution in [1.29, 1.82) is 0 Å². The quantitative estimate of drug-likeness (QED) is 0.144. The van der Waals surface area contributed by atoms with Crippen LogP contribution in [0.15, 0.2) is 46.9 Å². The van der Waals surface area contributed by atoms with Gasteiger partial charge in [0.05, 0.1) is 12.2 Å². The lowest BCUT2D eigenvalue weighted by atomic mass is 9.91. The monoisotopic (exact) mass is 849 g/mol. The fourth-order valence-electron chi connectivity index (χ4n) is 6.66. The molecule has 2 aromatic carbocycles. The van der Waals surface area contributed by atoms with Gasteiger partial charge >= 0.3 is 12.1 Å². The van der Waals surface area contributed by atoms with Gasteiger partial charge in [0.2, 0.25) is 5.91 Å². The number of hydrogen-bond acceptors (Lipinski definition) is 11. The van der Waals surface area contributed by atoms with Gasteiger partial charge in [0, 0.05) is 81.4 Å². The Morgan fingerprint density at radius 3 is 2.05 bits per heavy atom. The molecule has 5 amide bonds. The third-order valence-electron chi connectivity index (χ3n) is 9.68. The Morgan fingerprint density at radius 1 is 0.891 bits per heavy atom. The number of carbonyl (C=O) groups is 6. The van der Waals surface area contributed by atoms with Gasteiger partial charge in [0.15, 0.2) is 0 Å². The summed E-state index contributed by atoms with van der Waals surface area (Å²) in [4.78, 5) is 84.5. The van der Waals surface area contributed by atoms with Gasteiger partial charge in [-0.15, -0.1) is 0 Å². The van der Waals surface area contributed by atoms with E-state index in [2.05, 4.69) is 21.2 Å². The van der Waals surface area contributed by atoms with Gasteiger partial charge in [0.25, 0.3) is 18.9 Å². The molecule has 1 atom stereocenters. The first-order valence-electron chi connectivity index (χ1n) is 18.0. The molecule has 2 heterocycles. The van der Waals surface area contributed by atoms with E-state index < -0.39 is 17.7 Å². The average Bonchev–Trinajstić information content (AvgIpc) is 3.31. The summed E-state index contributed by atoms with van der Waals surface area (Å²) in [5.74, 6) is -0.597. The Balaban J connectivity index is 1.37. The van der Waals surface area contributed by atoms with Crippen LogP contribution >= 0.6 is 27.5 Å². The van der Waals surface area contributed by atoms with Gasteiger partial charge in [-0.3, -0.25) is 33.9 Å². The third kappa shape index (κ3) is 12.6. The molecule has 16 nitrogen and oxygen atoms in total. The predicted molar refractivity (Wildman–Crippen MR) is 207 cm³/mol. The van der Waals surface area contributed by atoms with E-state index in [-0.39, 0.29) is 58.0 Å². The molecule has 2 aliphatic heterocycles. The van der Waals surface area contributed by atoms with Gasteiger partial charge in [-0.05, 0) is 68.1 Å². The van der Waals surface area contributed by atoms with E-state index >= 15 is 0 Å². The highest BCUT2D eigenvalue weighted by atomic mass is 79.9. The SMILES string of the molecule is Cc1cc(Cl)cc(N2C(=O)N(CCCCNC(=O)CN3CCN(COC=O)CCN(COC=O)CCN(C(=O)O)CC3)[C@@](C)(Cc3ccc(Br)cc3)C2=O)c1. The number of hydrogen-bond donors (Lipinski definition) is 2. The first kappa shape index (κ1) is 43.4. The number of nitrogens with one attached hydrogen (secondary N) is 1. The van der Waals surface area contributed by atoms with Crippen molar-refractivity contribution < 1.29 is 43.3 Å². The van der Waals surface area contributed by atoms with Crippen LogP contribution in [0.2, 0.25) is 5.02 Å². The number of anilines is 1. The van der Waals surface area contributed by atoms with Crippen LogP contribution < -0.4 is 10.2 Å². The summed E-state index contributed by atoms with van der Waals surface area (Å²) in [6.07, 6.45) is 0.242. The molecular weight excluding hydrogens is 802 g/mol. The average molecular weight is 851 g/mol. The van der Waals surface area contributed by atoms with Crippen molar-refractivity contribution in [3.8, 4) is 0 Å². The molecule has 0 aliphatic carbocycles. The Bertz CT molecular complexity index is 1630. The Kier molecular flexibility index (Phi) is 16.7. The molecule has 0 saturated carbocycles. The van der Waals surface area contributed by atoms with Crippen molar-refractivity contribution in [1.82, 2.24) is 29.8 Å². The molecule has 0 radical (unpaired) electrons. The fraction of sp³-hybridized carbons (Fsp3) is 0.514. The Hall–Kier alpha value is -4.29. The smallest absolute Gasteiger partial charge is 0.407 e. The second-order valence-electron chi connectivity index (χ2n) is 13.8. The molecule has 0 unspecified atom stereocenters. The molecule has 4 rings (SSSR count). The number of amides is 5. The maximum atomic E-state index is 14.1. The van der Waals surface area contributed by atoms with Crippen molar-refractivity contribution in [2.45, 2.75) is 38.6 Å². The standard InChI is InChI=1S/C37H49BrClN7O9/c1-28-19-31(39)21-32(20-28)46-34(50)37(2,22-29-5-7-30(38)8-6-29)45(35(46)51)10-4-3-9-40-33(49)23-41-11-12-42(24-54-26-47)13-14-43(25-55-27-48)16-18-44(17-15-41)36(52)53/h5-8,19-21,26-27H,3-4,9-18,22-25H2,1-2H3,(H,40,49)(H,52,53)/t37-/m0/s1. The molecule has 2 saturated heterocycles. The summed E-state index contributed by atoms with van der Waals surface area (Å²) in [5.41, 5.74) is 0.960. The summed E-state index contributed by atoms with van der Waals surface area (Å²) >= 11 is 9.77. The summed E-state index contributed by atoms with van der Waals surface area (Å²) < 4.78 is 10.8. The first-order valence-corrected chi connectivity index (χ1v) is 19.2. The number of benzene rings is 2. The van der Waals surface area contributed by atoms with Crippen LogP contribution in [-0.2, 0) is 35.1 Å². The predicted octanol–water partition coefficient (Wildman–Crippen LogP) is 3.24. The Morgan fingerprint density at radius 2 is 1.47 bits per heavy atom. The van der Waals surface area contributed by atoms with E-state index in [1.54, 1.807) is 34.9 Å². The van der Waals surface area contributed by atoms with Crippen molar-refractivity contribution in [2.24, 2.45) is 0 Å². The van der Waals surface area contributed by atoms with Crippen LogP contribution in [0.3, 0.4) is 0 Å². The Labute approximate surface area is 334 Å². The highest BCUT2D eigenvalue weighted by Gasteiger charge is 2.54. The summed E-state index contributed by atoms with van der Waals surface area (Å²) in [6.45, 7) is 7.48. The second-order valence-corrected chi connectivity index (χ2v) is 15.1. The molecule has 0 bridgehead atoms. The van der Waals surface area contributed by atoms with Crippen molar-refractivity contribution in [3.63, 3.8) is 0 Å². The van der Waals surface area contributed by atoms with E-state index in [0.717, 1.165) is 15.6 Å². The van der Waals surface area contributed by atoms with E-state index in [4.69, 9.17) is 21.1 Å². The van der Waals surface area contributed by atoms with Crippen LogP contribution in [0.4, 0.5) is 15.3 Å². The zero-order valence-corrected chi connectivity index (χ0v) is 33.5. The molecule has 0 aromatic heterocycles. The van der Waals surface area contributed by atoms with Crippen molar-refractivity contribution >= 4 is 70.1 Å². The molecule has 55 heavy (non-hydrogen) atoms. The van der Waals surface area contributed by atoms with Gasteiger partial charge in [-0.25, -0.2) is 14.5 Å². The molecule has 2 aliphatic rings. The number of carboxylic acid groups (broad SMARTS) is 1. The van der Waals surface area contributed by atoms with Crippen LogP contribution in [0.25, 0.3) is 0 Å². The zero-order chi connectivity index (χ0) is 40.0. The summed E-state index contributed by atoms with van der Waals surface area (Å²) in [7, 11) is 0. The molecule has 2 aromatic rings. The van der Waals surface area contributed by atoms with Crippen LogP contribution in [-0.4, -0.2) is 157 Å². The number of unbranched alkanes of at least 4 members (excludes halogenated alkanes) is 1. The van der Waals surface area contributed by atoms with Gasteiger partial charge in [0.1, 0.15) is 19.0 Å². The lowest BCUT2D eigenvalue weighted by Crippen LogP contribution is -2.49. The van der Waals surface area contributed by atoms with E-state index in [1.807, 2.05) is 41.0 Å². The molecule has 0 spiro atoms. The van der Waals surface area contributed by atoms with Crippen molar-refractivity contribution in [2.75, 3.05) is 90.4 Å². The first-order chi connectivity index (χ1) is 26.3. The lowest BCUT2D eigenvalue weighted by Gasteiger charge is -2.32. The lowest BCUT2D eigenvalue weighted by molar-refractivity contribution is -0.135. The van der Waals surface area contributed by atoms with E-state index in [0.29, 0.717) is 82.2 Å². The largest absolute Gasteiger partial charge is 0.465 e.